The maximum Gasteiger partial charge on any atom is 0.471 e. The van der Waals surface area contributed by atoms with E-state index in [1.54, 1.807) is 6.07 Å². The summed E-state index contributed by atoms with van der Waals surface area (Å²) in [6.07, 6.45) is 2.20. The lowest BCUT2D eigenvalue weighted by Gasteiger charge is -2.40. The molecule has 0 unspecified atom stereocenters. The number of phosphoric ester groups is 1. The number of hydrogen-bond acceptors (Lipinski definition) is 5. The first-order chi connectivity index (χ1) is 12.1. The quantitative estimate of drug-likeness (QED) is 0.606. The van der Waals surface area contributed by atoms with Crippen molar-refractivity contribution < 1.29 is 32.1 Å². The summed E-state index contributed by atoms with van der Waals surface area (Å²) in [7, 11) is -9.33. The molecule has 2 rings (SSSR count). The van der Waals surface area contributed by atoms with Crippen molar-refractivity contribution >= 4 is 23.8 Å². The zero-order valence-corrected chi connectivity index (χ0v) is 16.5. The van der Waals surface area contributed by atoms with E-state index >= 15 is 0 Å². The van der Waals surface area contributed by atoms with Gasteiger partial charge in [0, 0.05) is 0 Å². The Morgan fingerprint density at radius 3 is 2.12 bits per heavy atom. The Labute approximate surface area is 153 Å². The highest BCUT2D eigenvalue weighted by molar-refractivity contribution is 7.90. The van der Waals surface area contributed by atoms with E-state index in [9.17, 15) is 27.6 Å². The van der Waals surface area contributed by atoms with Crippen LogP contribution in [0.4, 0.5) is 0 Å². The number of sulfonamides is 1. The van der Waals surface area contributed by atoms with Gasteiger partial charge in [0.2, 0.25) is 0 Å². The minimum Gasteiger partial charge on any atom is -0.303 e. The number of amides is 1. The number of nitrogens with zero attached hydrogens (tertiary/aromatic N) is 1. The number of benzene rings is 1. The van der Waals surface area contributed by atoms with Crippen LogP contribution in [-0.2, 0) is 19.1 Å². The van der Waals surface area contributed by atoms with Crippen LogP contribution in [0.15, 0.2) is 29.2 Å². The maximum atomic E-state index is 13.0. The minimum atomic E-state index is -5.06. The first kappa shape index (κ1) is 21.1. The van der Waals surface area contributed by atoms with E-state index in [0.29, 0.717) is 30.0 Å². The third kappa shape index (κ3) is 4.02. The molecule has 1 aliphatic heterocycles. The number of rotatable bonds is 9. The van der Waals surface area contributed by atoms with Gasteiger partial charge in [-0.1, -0.05) is 38.8 Å². The Bertz CT molecular complexity index is 810. The van der Waals surface area contributed by atoms with Gasteiger partial charge in [0.05, 0.1) is 5.56 Å². The third-order valence-electron chi connectivity index (χ3n) is 4.32. The van der Waals surface area contributed by atoms with Gasteiger partial charge in [0.1, 0.15) is 4.90 Å². The van der Waals surface area contributed by atoms with Crippen molar-refractivity contribution in [2.24, 2.45) is 0 Å². The molecule has 1 aromatic carbocycles. The van der Waals surface area contributed by atoms with E-state index in [4.69, 9.17) is 4.52 Å². The number of unbranched alkanes of at least 4 members (excludes halogenated alkanes) is 2. The van der Waals surface area contributed by atoms with Gasteiger partial charge in [-0.05, 0) is 37.8 Å². The zero-order valence-electron chi connectivity index (χ0n) is 14.8. The third-order valence-corrected chi connectivity index (χ3v) is 6.79. The highest BCUT2D eigenvalue weighted by atomic mass is 32.2. The van der Waals surface area contributed by atoms with Crippen LogP contribution in [0.5, 0.6) is 0 Å². The molecule has 0 fully saturated rings. The molecule has 1 amide bonds. The molecule has 0 spiro atoms. The molecular weight excluding hydrogens is 381 g/mol. The Morgan fingerprint density at radius 2 is 1.65 bits per heavy atom. The topological polar surface area (TPSA) is 121 Å². The number of hydrogen-bond donors (Lipinski definition) is 2. The summed E-state index contributed by atoms with van der Waals surface area (Å²) in [5.41, 5.74) is -1.93. The fourth-order valence-corrected chi connectivity index (χ4v) is 5.79. The monoisotopic (exact) mass is 405 g/mol. The molecule has 146 valence electrons. The smallest absolute Gasteiger partial charge is 0.303 e. The molecule has 0 saturated carbocycles. The summed E-state index contributed by atoms with van der Waals surface area (Å²) in [5, 5.41) is 0. The SMILES string of the molecule is CCCCC(CCCC)(OP(=O)(O)O)N1C(=O)c2ccccc2S1(=O)=O. The summed E-state index contributed by atoms with van der Waals surface area (Å²) >= 11 is 0. The van der Waals surface area contributed by atoms with Crippen molar-refractivity contribution in [3.8, 4) is 0 Å². The molecule has 2 N–H and O–H groups in total. The molecule has 1 aromatic rings. The van der Waals surface area contributed by atoms with E-state index in [1.807, 2.05) is 13.8 Å². The lowest BCUT2D eigenvalue weighted by molar-refractivity contribution is -0.0561. The van der Waals surface area contributed by atoms with Gasteiger partial charge in [0.25, 0.3) is 15.9 Å². The maximum absolute atomic E-state index is 13.0. The summed E-state index contributed by atoms with van der Waals surface area (Å²) in [6, 6.07) is 5.73. The molecule has 0 bridgehead atoms. The van der Waals surface area contributed by atoms with Crippen LogP contribution in [0.2, 0.25) is 0 Å². The number of fused-ring (bicyclic) bond motifs is 1. The lowest BCUT2D eigenvalue weighted by atomic mass is 9.98. The van der Waals surface area contributed by atoms with Gasteiger partial charge < -0.3 is 9.79 Å². The predicted octanol–water partition coefficient (Wildman–Crippen LogP) is 3.02. The molecule has 0 saturated heterocycles. The zero-order chi connectivity index (χ0) is 19.6. The van der Waals surface area contributed by atoms with Gasteiger partial charge in [-0.25, -0.2) is 17.3 Å². The van der Waals surface area contributed by atoms with Crippen molar-refractivity contribution in [3.63, 3.8) is 0 Å². The fraction of sp³-hybridized carbons (Fsp3) is 0.562. The van der Waals surface area contributed by atoms with Gasteiger partial charge in [-0.3, -0.25) is 9.32 Å². The molecule has 10 heteroatoms. The van der Waals surface area contributed by atoms with Crippen molar-refractivity contribution in [2.75, 3.05) is 0 Å². The van der Waals surface area contributed by atoms with Gasteiger partial charge in [-0.15, -0.1) is 0 Å². The first-order valence-corrected chi connectivity index (χ1v) is 11.5. The number of carbonyl (C=O) groups excluding carboxylic acids is 1. The summed E-state index contributed by atoms with van der Waals surface area (Å²) in [6.45, 7) is 3.72. The standard InChI is InChI=1S/C16H24NO7PS/c1-3-5-11-16(12-6-4-2,24-25(19,20)21)17-15(18)13-9-7-8-10-14(13)26(17,22)23/h7-10H,3-6,11-12H2,1-2H3,(H2,19,20,21). The summed E-state index contributed by atoms with van der Waals surface area (Å²) in [4.78, 5) is 31.6. The van der Waals surface area contributed by atoms with E-state index in [2.05, 4.69) is 0 Å². The van der Waals surface area contributed by atoms with Gasteiger partial charge >= 0.3 is 7.82 Å². The van der Waals surface area contributed by atoms with Gasteiger partial charge in [0.15, 0.2) is 5.72 Å². The second-order valence-electron chi connectivity index (χ2n) is 6.31. The second-order valence-corrected chi connectivity index (χ2v) is 9.22. The Kier molecular flexibility index (Phi) is 6.30. The lowest BCUT2D eigenvalue weighted by Crippen LogP contribution is -2.53. The fourth-order valence-electron chi connectivity index (χ4n) is 3.17. The summed E-state index contributed by atoms with van der Waals surface area (Å²) in [5.74, 6) is -0.818. The minimum absolute atomic E-state index is 0.00751. The molecule has 8 nitrogen and oxygen atoms in total. The van der Waals surface area contributed by atoms with Crippen LogP contribution in [0, 0.1) is 0 Å². The Morgan fingerprint density at radius 1 is 1.12 bits per heavy atom. The molecular formula is C16H24NO7PS. The molecule has 1 aliphatic rings. The highest BCUT2D eigenvalue weighted by Gasteiger charge is 2.55. The van der Waals surface area contributed by atoms with Crippen molar-refractivity contribution in [1.82, 2.24) is 4.31 Å². The molecule has 26 heavy (non-hydrogen) atoms. The van der Waals surface area contributed by atoms with Gasteiger partial charge in [-0.2, -0.15) is 0 Å². The van der Waals surface area contributed by atoms with E-state index in [-0.39, 0.29) is 23.3 Å². The van der Waals surface area contributed by atoms with E-state index in [0.717, 1.165) is 0 Å². The van der Waals surface area contributed by atoms with Crippen LogP contribution in [0.1, 0.15) is 62.7 Å². The van der Waals surface area contributed by atoms with Crippen LogP contribution >= 0.6 is 7.82 Å². The van der Waals surface area contributed by atoms with E-state index < -0.39 is 29.5 Å². The van der Waals surface area contributed by atoms with Crippen LogP contribution in [-0.4, -0.2) is 34.1 Å². The Hall–Kier alpha value is -1.25. The largest absolute Gasteiger partial charge is 0.471 e. The molecule has 0 aromatic heterocycles. The van der Waals surface area contributed by atoms with Crippen LogP contribution in [0.3, 0.4) is 0 Å². The van der Waals surface area contributed by atoms with E-state index in [1.165, 1.54) is 18.2 Å². The number of phosphoric acid groups is 1. The molecule has 0 aliphatic carbocycles. The van der Waals surface area contributed by atoms with Crippen LogP contribution < -0.4 is 0 Å². The van der Waals surface area contributed by atoms with Crippen molar-refractivity contribution in [2.45, 2.75) is 63.0 Å². The molecule has 0 atom stereocenters. The second kappa shape index (κ2) is 7.78. The normalized spacial score (nSPS) is 16.8. The molecule has 0 radical (unpaired) electrons. The van der Waals surface area contributed by atoms with Crippen molar-refractivity contribution in [1.29, 1.82) is 0 Å². The molecule has 1 heterocycles. The Balaban J connectivity index is 2.63. The summed E-state index contributed by atoms with van der Waals surface area (Å²) < 4.78 is 43.3. The highest BCUT2D eigenvalue weighted by Crippen LogP contribution is 2.50. The number of carbonyl (C=O) groups is 1. The first-order valence-electron chi connectivity index (χ1n) is 8.54. The average Bonchev–Trinajstić information content (AvgIpc) is 2.76. The average molecular weight is 405 g/mol. The van der Waals surface area contributed by atoms with Crippen molar-refractivity contribution in [3.05, 3.63) is 29.8 Å². The predicted molar refractivity (Wildman–Crippen MR) is 94.7 cm³/mol. The van der Waals surface area contributed by atoms with Crippen LogP contribution in [0.25, 0.3) is 0 Å².